The molecule has 2 N–H and O–H groups in total. The van der Waals surface area contributed by atoms with Gasteiger partial charge in [0.15, 0.2) is 0 Å². The Balaban J connectivity index is 1.89. The van der Waals surface area contributed by atoms with Crippen molar-refractivity contribution in [2.24, 2.45) is 0 Å². The Labute approximate surface area is 197 Å². The zero-order valence-electron chi connectivity index (χ0n) is 17.0. The van der Waals surface area contributed by atoms with Gasteiger partial charge in [-0.05, 0) is 48.5 Å². The molecule has 8 nitrogen and oxygen atoms in total. The summed E-state index contributed by atoms with van der Waals surface area (Å²) in [6.45, 7) is 0. The fourth-order valence-electron chi connectivity index (χ4n) is 2.76. The predicted octanol–water partition coefficient (Wildman–Crippen LogP) is 3.92. The molecule has 1 amide bonds. The van der Waals surface area contributed by atoms with Crippen molar-refractivity contribution < 1.29 is 33.8 Å². The van der Waals surface area contributed by atoms with Gasteiger partial charge in [0.05, 0.1) is 11.1 Å². The van der Waals surface area contributed by atoms with E-state index < -0.39 is 36.0 Å². The lowest BCUT2D eigenvalue weighted by molar-refractivity contribution is -0.157. The van der Waals surface area contributed by atoms with Crippen LogP contribution in [0, 0.1) is 0 Å². The minimum Gasteiger partial charge on any atom is -0.478 e. The number of rotatable bonds is 8. The Hall–Kier alpha value is -3.98. The maximum Gasteiger partial charge on any atom is 0.349 e. The molecule has 33 heavy (non-hydrogen) atoms. The second-order valence-corrected chi connectivity index (χ2v) is 7.63. The van der Waals surface area contributed by atoms with Crippen LogP contribution in [-0.2, 0) is 19.1 Å². The number of hydrogen-bond donors (Lipinski definition) is 2. The lowest BCUT2D eigenvalue weighted by Crippen LogP contribution is -2.48. The Morgan fingerprint density at radius 3 is 1.61 bits per heavy atom. The molecule has 0 aromatic heterocycles. The third-order valence-corrected chi connectivity index (χ3v) is 4.90. The van der Waals surface area contributed by atoms with Crippen molar-refractivity contribution in [3.05, 3.63) is 101 Å². The highest BCUT2D eigenvalue weighted by molar-refractivity contribution is 9.10. The van der Waals surface area contributed by atoms with Crippen molar-refractivity contribution in [3.63, 3.8) is 0 Å². The maximum atomic E-state index is 13.0. The first kappa shape index (κ1) is 23.7. The van der Waals surface area contributed by atoms with E-state index in [2.05, 4.69) is 21.2 Å². The third-order valence-electron chi connectivity index (χ3n) is 4.38. The number of amides is 1. The predicted molar refractivity (Wildman–Crippen MR) is 122 cm³/mol. The molecule has 3 aromatic carbocycles. The monoisotopic (exact) mass is 511 g/mol. The lowest BCUT2D eigenvalue weighted by atomic mass is 10.1. The molecule has 0 aliphatic heterocycles. The third kappa shape index (κ3) is 6.50. The van der Waals surface area contributed by atoms with E-state index in [4.69, 9.17) is 9.47 Å². The average molecular weight is 512 g/mol. The van der Waals surface area contributed by atoms with Crippen LogP contribution in [0.1, 0.15) is 20.7 Å². The molecule has 0 spiro atoms. The maximum absolute atomic E-state index is 13.0. The van der Waals surface area contributed by atoms with Crippen molar-refractivity contribution in [2.75, 3.05) is 5.32 Å². The Kier molecular flexibility index (Phi) is 7.93. The zero-order chi connectivity index (χ0) is 23.8. The number of nitrogens with one attached hydrogen (secondary N) is 1. The molecule has 0 saturated carbocycles. The number of esters is 2. The van der Waals surface area contributed by atoms with Crippen LogP contribution >= 0.6 is 15.9 Å². The van der Waals surface area contributed by atoms with Crippen molar-refractivity contribution in [3.8, 4) is 0 Å². The fourth-order valence-corrected chi connectivity index (χ4v) is 3.02. The molecule has 0 aliphatic carbocycles. The highest BCUT2D eigenvalue weighted by Crippen LogP contribution is 2.18. The molecule has 3 rings (SSSR count). The first-order chi connectivity index (χ1) is 15.8. The summed E-state index contributed by atoms with van der Waals surface area (Å²) >= 11 is 3.27. The van der Waals surface area contributed by atoms with Crippen LogP contribution in [0.3, 0.4) is 0 Å². The van der Waals surface area contributed by atoms with E-state index in [0.29, 0.717) is 5.69 Å². The summed E-state index contributed by atoms with van der Waals surface area (Å²) in [6, 6.07) is 21.8. The minimum atomic E-state index is -2.10. The van der Waals surface area contributed by atoms with E-state index in [0.717, 1.165) is 4.47 Å². The van der Waals surface area contributed by atoms with Gasteiger partial charge in [0.25, 0.3) is 5.91 Å². The summed E-state index contributed by atoms with van der Waals surface area (Å²) in [7, 11) is 0. The van der Waals surface area contributed by atoms with Gasteiger partial charge in [-0.25, -0.2) is 14.4 Å². The molecule has 0 radical (unpaired) electrons. The van der Waals surface area contributed by atoms with E-state index in [9.17, 15) is 24.3 Å². The molecule has 3 aromatic rings. The number of carbonyl (C=O) groups excluding carboxylic acids is 3. The molecule has 0 saturated heterocycles. The van der Waals surface area contributed by atoms with Crippen LogP contribution in [0.5, 0.6) is 0 Å². The van der Waals surface area contributed by atoms with E-state index in [1.807, 2.05) is 0 Å². The number of halogens is 1. The van der Waals surface area contributed by atoms with Gasteiger partial charge >= 0.3 is 17.9 Å². The number of carbonyl (C=O) groups is 4. The number of ether oxygens (including phenoxy) is 2. The Morgan fingerprint density at radius 1 is 0.697 bits per heavy atom. The van der Waals surface area contributed by atoms with E-state index in [1.165, 1.54) is 24.3 Å². The molecule has 0 aliphatic rings. The Bertz CT molecular complexity index is 1130. The second-order valence-electron chi connectivity index (χ2n) is 6.72. The molecule has 9 heteroatoms. The first-order valence-corrected chi connectivity index (χ1v) is 10.5. The topological polar surface area (TPSA) is 119 Å². The largest absolute Gasteiger partial charge is 0.478 e. The standard InChI is InChI=1S/C24H18BrNO7/c25-17-11-13-18(14-12-17)26-21(27)19(32-23(30)15-7-3-1-4-8-15)20(22(28)29)33-24(31)16-9-5-2-6-10-16/h1-14,19-20H,(H,26,27)(H,28,29)/t19-,20-/m0/s1. The summed E-state index contributed by atoms with van der Waals surface area (Å²) < 4.78 is 11.1. The second kappa shape index (κ2) is 11.1. The molecule has 0 bridgehead atoms. The van der Waals surface area contributed by atoms with Crippen LogP contribution in [0.4, 0.5) is 5.69 Å². The Morgan fingerprint density at radius 2 is 1.15 bits per heavy atom. The summed E-state index contributed by atoms with van der Waals surface area (Å²) in [4.78, 5) is 50.0. The number of anilines is 1. The number of carboxylic acid groups (broad SMARTS) is 1. The molecule has 0 heterocycles. The van der Waals surface area contributed by atoms with Crippen molar-refractivity contribution >= 4 is 45.4 Å². The summed E-state index contributed by atoms with van der Waals surface area (Å²) in [6.07, 6.45) is -4.06. The van der Waals surface area contributed by atoms with Crippen molar-refractivity contribution in [1.29, 1.82) is 0 Å². The average Bonchev–Trinajstić information content (AvgIpc) is 2.83. The van der Waals surface area contributed by atoms with Crippen LogP contribution in [0.15, 0.2) is 89.4 Å². The van der Waals surface area contributed by atoms with Gasteiger partial charge in [0.1, 0.15) is 0 Å². The van der Waals surface area contributed by atoms with Crippen molar-refractivity contribution in [1.82, 2.24) is 0 Å². The molecule has 2 atom stereocenters. The quantitative estimate of drug-likeness (QED) is 0.439. The number of benzene rings is 3. The van der Waals surface area contributed by atoms with E-state index in [1.54, 1.807) is 60.7 Å². The summed E-state index contributed by atoms with van der Waals surface area (Å²) in [5, 5.41) is 12.2. The highest BCUT2D eigenvalue weighted by Gasteiger charge is 2.41. The van der Waals surface area contributed by atoms with Crippen LogP contribution < -0.4 is 5.32 Å². The van der Waals surface area contributed by atoms with Gasteiger partial charge < -0.3 is 19.9 Å². The number of aliphatic carboxylic acids is 1. The first-order valence-electron chi connectivity index (χ1n) is 9.66. The van der Waals surface area contributed by atoms with Crippen LogP contribution in [0.2, 0.25) is 0 Å². The van der Waals surface area contributed by atoms with Gasteiger partial charge in [0.2, 0.25) is 12.2 Å². The van der Waals surface area contributed by atoms with Crippen LogP contribution in [0.25, 0.3) is 0 Å². The lowest BCUT2D eigenvalue weighted by Gasteiger charge is -2.23. The SMILES string of the molecule is O=C(O[C@H](C(=O)O)[C@H](OC(=O)c1ccccc1)C(=O)Nc1ccc(Br)cc1)c1ccccc1. The van der Waals surface area contributed by atoms with E-state index in [-0.39, 0.29) is 11.1 Å². The summed E-state index contributed by atoms with van der Waals surface area (Å²) in [5.74, 6) is -4.57. The molecular formula is C24H18BrNO7. The zero-order valence-corrected chi connectivity index (χ0v) is 18.6. The molecular weight excluding hydrogens is 494 g/mol. The normalized spacial score (nSPS) is 12.2. The van der Waals surface area contributed by atoms with Gasteiger partial charge in [-0.2, -0.15) is 0 Å². The molecule has 168 valence electrons. The highest BCUT2D eigenvalue weighted by atomic mass is 79.9. The summed E-state index contributed by atoms with van der Waals surface area (Å²) in [5.41, 5.74) is 0.491. The number of hydrogen-bond acceptors (Lipinski definition) is 6. The smallest absolute Gasteiger partial charge is 0.349 e. The van der Waals surface area contributed by atoms with Gasteiger partial charge in [-0.1, -0.05) is 52.3 Å². The van der Waals surface area contributed by atoms with E-state index >= 15 is 0 Å². The number of carboxylic acids is 1. The minimum absolute atomic E-state index is 0.0743. The van der Waals surface area contributed by atoms with Gasteiger partial charge in [-0.15, -0.1) is 0 Å². The van der Waals surface area contributed by atoms with Crippen LogP contribution in [-0.4, -0.2) is 41.1 Å². The van der Waals surface area contributed by atoms with Gasteiger partial charge in [-0.3, -0.25) is 4.79 Å². The van der Waals surface area contributed by atoms with Crippen molar-refractivity contribution in [2.45, 2.75) is 12.2 Å². The molecule has 0 unspecified atom stereocenters. The van der Waals surface area contributed by atoms with Gasteiger partial charge in [0, 0.05) is 10.2 Å². The fraction of sp³-hybridized carbons (Fsp3) is 0.0833. The molecule has 0 fully saturated rings.